The van der Waals surface area contributed by atoms with Gasteiger partial charge in [0.15, 0.2) is 0 Å². The summed E-state index contributed by atoms with van der Waals surface area (Å²) >= 11 is 0. The molecule has 122 valence electrons. The van der Waals surface area contributed by atoms with Gasteiger partial charge in [-0.15, -0.1) is 0 Å². The van der Waals surface area contributed by atoms with Crippen molar-refractivity contribution in [3.8, 4) is 0 Å². The van der Waals surface area contributed by atoms with Gasteiger partial charge in [0.1, 0.15) is 5.82 Å². The summed E-state index contributed by atoms with van der Waals surface area (Å²) < 4.78 is 0. The molecule has 3 rings (SSSR count). The first-order chi connectivity index (χ1) is 11.5. The van der Waals surface area contributed by atoms with Gasteiger partial charge in [-0.1, -0.05) is 24.3 Å². The van der Waals surface area contributed by atoms with Gasteiger partial charge >= 0.3 is 0 Å². The van der Waals surface area contributed by atoms with Crippen LogP contribution in [0.5, 0.6) is 0 Å². The molecule has 0 aliphatic rings. The number of nitrogens with one attached hydrogen (secondary N) is 1. The van der Waals surface area contributed by atoms with Crippen molar-refractivity contribution in [1.29, 1.82) is 0 Å². The molecule has 0 aliphatic heterocycles. The van der Waals surface area contributed by atoms with Gasteiger partial charge in [0, 0.05) is 30.2 Å². The standard InChI is InChI=1S/C20H22N4/c1-14-10-15(2)12-17(11-14)22-19-13-16(3)21-20(23-19)24(4)18-8-6-5-7-9-18/h5-13H,1-4H3,(H,21,22,23). The Morgan fingerprint density at radius 2 is 1.50 bits per heavy atom. The van der Waals surface area contributed by atoms with E-state index >= 15 is 0 Å². The second-order valence-corrected chi connectivity index (χ2v) is 6.09. The topological polar surface area (TPSA) is 41.1 Å². The number of hydrogen-bond donors (Lipinski definition) is 1. The highest BCUT2D eigenvalue weighted by molar-refractivity contribution is 5.62. The van der Waals surface area contributed by atoms with Crippen molar-refractivity contribution in [2.24, 2.45) is 0 Å². The normalized spacial score (nSPS) is 10.5. The predicted molar refractivity (Wildman–Crippen MR) is 100 cm³/mol. The van der Waals surface area contributed by atoms with Gasteiger partial charge in [0.25, 0.3) is 0 Å². The van der Waals surface area contributed by atoms with Gasteiger partial charge in [0.05, 0.1) is 0 Å². The predicted octanol–water partition coefficient (Wildman–Crippen LogP) is 4.91. The lowest BCUT2D eigenvalue weighted by Gasteiger charge is -2.18. The third-order valence-corrected chi connectivity index (χ3v) is 3.78. The highest BCUT2D eigenvalue weighted by Crippen LogP contribution is 2.24. The molecule has 0 atom stereocenters. The van der Waals surface area contributed by atoms with E-state index in [1.807, 2.05) is 55.3 Å². The van der Waals surface area contributed by atoms with Gasteiger partial charge in [-0.05, 0) is 56.2 Å². The van der Waals surface area contributed by atoms with Crippen LogP contribution in [-0.2, 0) is 0 Å². The number of anilines is 4. The monoisotopic (exact) mass is 318 g/mol. The SMILES string of the molecule is Cc1cc(C)cc(Nc2cc(C)nc(N(C)c3ccccc3)n2)c1. The first-order valence-corrected chi connectivity index (χ1v) is 8.01. The third-order valence-electron chi connectivity index (χ3n) is 3.78. The van der Waals surface area contributed by atoms with E-state index in [1.165, 1.54) is 11.1 Å². The highest BCUT2D eigenvalue weighted by Gasteiger charge is 2.09. The smallest absolute Gasteiger partial charge is 0.231 e. The maximum atomic E-state index is 4.67. The number of benzene rings is 2. The fraction of sp³-hybridized carbons (Fsp3) is 0.200. The van der Waals surface area contributed by atoms with Crippen LogP contribution < -0.4 is 10.2 Å². The largest absolute Gasteiger partial charge is 0.340 e. The van der Waals surface area contributed by atoms with Gasteiger partial charge < -0.3 is 10.2 Å². The number of para-hydroxylation sites is 1. The lowest BCUT2D eigenvalue weighted by Crippen LogP contribution is -2.14. The highest BCUT2D eigenvalue weighted by atomic mass is 15.2. The summed E-state index contributed by atoms with van der Waals surface area (Å²) in [5.74, 6) is 1.47. The van der Waals surface area contributed by atoms with E-state index in [0.29, 0.717) is 5.95 Å². The van der Waals surface area contributed by atoms with Crippen molar-refractivity contribution < 1.29 is 0 Å². The minimum atomic E-state index is 0.674. The lowest BCUT2D eigenvalue weighted by atomic mass is 10.1. The molecule has 1 N–H and O–H groups in total. The van der Waals surface area contributed by atoms with Crippen LogP contribution in [0, 0.1) is 20.8 Å². The molecule has 3 aromatic rings. The number of nitrogens with zero attached hydrogens (tertiary/aromatic N) is 3. The first kappa shape index (κ1) is 16.0. The van der Waals surface area contributed by atoms with Gasteiger partial charge in [-0.25, -0.2) is 4.98 Å². The number of aromatic nitrogens is 2. The average molecular weight is 318 g/mol. The molecule has 0 radical (unpaired) electrons. The Balaban J connectivity index is 1.91. The summed E-state index contributed by atoms with van der Waals surface area (Å²) in [6, 6.07) is 18.5. The zero-order chi connectivity index (χ0) is 17.1. The van der Waals surface area contributed by atoms with Gasteiger partial charge in [-0.3, -0.25) is 0 Å². The molecule has 4 nitrogen and oxygen atoms in total. The molecule has 24 heavy (non-hydrogen) atoms. The Hall–Kier alpha value is -2.88. The summed E-state index contributed by atoms with van der Waals surface area (Å²) in [4.78, 5) is 11.2. The van der Waals surface area contributed by atoms with E-state index in [2.05, 4.69) is 47.3 Å². The van der Waals surface area contributed by atoms with E-state index < -0.39 is 0 Å². The van der Waals surface area contributed by atoms with Crippen molar-refractivity contribution in [3.63, 3.8) is 0 Å². The molecule has 0 unspecified atom stereocenters. The van der Waals surface area contributed by atoms with Crippen LogP contribution in [0.25, 0.3) is 0 Å². The summed E-state index contributed by atoms with van der Waals surface area (Å²) in [5, 5.41) is 3.40. The lowest BCUT2D eigenvalue weighted by molar-refractivity contribution is 1.02. The molecule has 1 heterocycles. The zero-order valence-electron chi connectivity index (χ0n) is 14.5. The van der Waals surface area contributed by atoms with E-state index in [-0.39, 0.29) is 0 Å². The van der Waals surface area contributed by atoms with Crippen LogP contribution >= 0.6 is 0 Å². The van der Waals surface area contributed by atoms with Crippen molar-refractivity contribution in [3.05, 3.63) is 71.4 Å². The summed E-state index contributed by atoms with van der Waals surface area (Å²) in [5.41, 5.74) is 5.48. The number of aryl methyl sites for hydroxylation is 3. The van der Waals surface area contributed by atoms with E-state index in [0.717, 1.165) is 22.9 Å². The summed E-state index contributed by atoms with van der Waals surface area (Å²) in [6.07, 6.45) is 0. The molecule has 0 bridgehead atoms. The summed E-state index contributed by atoms with van der Waals surface area (Å²) in [6.45, 7) is 6.17. The molecule has 1 aromatic heterocycles. The van der Waals surface area contributed by atoms with Crippen LogP contribution in [0.15, 0.2) is 54.6 Å². The Labute approximate surface area is 143 Å². The van der Waals surface area contributed by atoms with Crippen molar-refractivity contribution in [2.45, 2.75) is 20.8 Å². The Morgan fingerprint density at radius 1 is 0.833 bits per heavy atom. The molecule has 0 amide bonds. The zero-order valence-corrected chi connectivity index (χ0v) is 14.5. The fourth-order valence-corrected chi connectivity index (χ4v) is 2.73. The molecule has 0 spiro atoms. The maximum Gasteiger partial charge on any atom is 0.231 e. The molecule has 0 fully saturated rings. The quantitative estimate of drug-likeness (QED) is 0.742. The Morgan fingerprint density at radius 3 is 2.17 bits per heavy atom. The second kappa shape index (κ2) is 6.71. The van der Waals surface area contributed by atoms with Crippen LogP contribution in [-0.4, -0.2) is 17.0 Å². The molecule has 0 saturated heterocycles. The van der Waals surface area contributed by atoms with E-state index in [4.69, 9.17) is 0 Å². The van der Waals surface area contributed by atoms with Crippen LogP contribution in [0.4, 0.5) is 23.1 Å². The van der Waals surface area contributed by atoms with E-state index in [9.17, 15) is 0 Å². The van der Waals surface area contributed by atoms with Crippen LogP contribution in [0.1, 0.15) is 16.8 Å². The fourth-order valence-electron chi connectivity index (χ4n) is 2.73. The van der Waals surface area contributed by atoms with Crippen molar-refractivity contribution in [2.75, 3.05) is 17.3 Å². The van der Waals surface area contributed by atoms with Gasteiger partial charge in [0.2, 0.25) is 5.95 Å². The molecule has 2 aromatic carbocycles. The molecular weight excluding hydrogens is 296 g/mol. The van der Waals surface area contributed by atoms with Crippen molar-refractivity contribution in [1.82, 2.24) is 9.97 Å². The molecule has 0 saturated carbocycles. The molecular formula is C20H22N4. The minimum absolute atomic E-state index is 0.674. The third kappa shape index (κ3) is 3.71. The maximum absolute atomic E-state index is 4.67. The summed E-state index contributed by atoms with van der Waals surface area (Å²) in [7, 11) is 1.98. The second-order valence-electron chi connectivity index (χ2n) is 6.09. The van der Waals surface area contributed by atoms with Gasteiger partial charge in [-0.2, -0.15) is 4.98 Å². The first-order valence-electron chi connectivity index (χ1n) is 8.01. The van der Waals surface area contributed by atoms with Crippen molar-refractivity contribution >= 4 is 23.1 Å². The van der Waals surface area contributed by atoms with Crippen LogP contribution in [0.3, 0.4) is 0 Å². The Kier molecular flexibility index (Phi) is 4.47. The number of rotatable bonds is 4. The average Bonchev–Trinajstić information content (AvgIpc) is 2.53. The van der Waals surface area contributed by atoms with Crippen LogP contribution in [0.2, 0.25) is 0 Å². The number of hydrogen-bond acceptors (Lipinski definition) is 4. The molecule has 4 heteroatoms. The minimum Gasteiger partial charge on any atom is -0.340 e. The van der Waals surface area contributed by atoms with E-state index in [1.54, 1.807) is 0 Å². The Bertz CT molecular complexity index is 823. The molecule has 0 aliphatic carbocycles.